The van der Waals surface area contributed by atoms with Crippen LogP contribution in [0.5, 0.6) is 0 Å². The Hall–Kier alpha value is -1.35. The summed E-state index contributed by atoms with van der Waals surface area (Å²) in [5, 5.41) is 9.08. The van der Waals surface area contributed by atoms with Gasteiger partial charge in [-0.1, -0.05) is 49.9 Å². The summed E-state index contributed by atoms with van der Waals surface area (Å²) in [5.41, 5.74) is 2.30. The second kappa shape index (κ2) is 10.4. The quantitative estimate of drug-likeness (QED) is 0.525. The first-order chi connectivity index (χ1) is 9.72. The van der Waals surface area contributed by atoms with Crippen LogP contribution in [-0.4, -0.2) is 17.7 Å². The molecule has 0 radical (unpaired) electrons. The molecule has 3 nitrogen and oxygen atoms in total. The number of carbonyl (C=O) groups excluding carboxylic acids is 1. The molecule has 0 unspecified atom stereocenters. The molecule has 1 aromatic carbocycles. The van der Waals surface area contributed by atoms with Gasteiger partial charge < -0.3 is 9.84 Å². The van der Waals surface area contributed by atoms with Gasteiger partial charge in [-0.3, -0.25) is 4.79 Å². The number of esters is 1. The fraction of sp³-hybridized carbons (Fsp3) is 0.588. The van der Waals surface area contributed by atoms with Crippen molar-refractivity contribution < 1.29 is 14.6 Å². The van der Waals surface area contributed by atoms with Gasteiger partial charge in [-0.05, 0) is 30.4 Å². The van der Waals surface area contributed by atoms with Crippen LogP contribution >= 0.6 is 0 Å². The molecule has 0 heterocycles. The van der Waals surface area contributed by atoms with Crippen molar-refractivity contribution in [3.8, 4) is 0 Å². The second-order valence-corrected chi connectivity index (χ2v) is 5.19. The Morgan fingerprint density at radius 2 is 1.70 bits per heavy atom. The monoisotopic (exact) mass is 278 g/mol. The van der Waals surface area contributed by atoms with Gasteiger partial charge in [0, 0.05) is 6.92 Å². The highest BCUT2D eigenvalue weighted by Crippen LogP contribution is 2.11. The number of rotatable bonds is 10. The van der Waals surface area contributed by atoms with Crippen molar-refractivity contribution in [3.63, 3.8) is 0 Å². The van der Waals surface area contributed by atoms with Crippen LogP contribution in [0.2, 0.25) is 0 Å². The van der Waals surface area contributed by atoms with Gasteiger partial charge in [0.15, 0.2) is 0 Å². The second-order valence-electron chi connectivity index (χ2n) is 5.19. The van der Waals surface area contributed by atoms with Crippen molar-refractivity contribution in [2.45, 2.75) is 58.5 Å². The molecule has 1 aromatic rings. The third-order valence-electron chi connectivity index (χ3n) is 3.34. The molecule has 0 aliphatic heterocycles. The van der Waals surface area contributed by atoms with Crippen LogP contribution < -0.4 is 0 Å². The molecule has 0 spiro atoms. The lowest BCUT2D eigenvalue weighted by molar-refractivity contribution is -0.141. The zero-order valence-corrected chi connectivity index (χ0v) is 12.4. The van der Waals surface area contributed by atoms with E-state index in [1.807, 2.05) is 12.1 Å². The highest BCUT2D eigenvalue weighted by Gasteiger charge is 1.97. The molecular weight excluding hydrogens is 252 g/mol. The third-order valence-corrected chi connectivity index (χ3v) is 3.34. The van der Waals surface area contributed by atoms with Gasteiger partial charge >= 0.3 is 5.97 Å². The van der Waals surface area contributed by atoms with E-state index in [-0.39, 0.29) is 12.6 Å². The van der Waals surface area contributed by atoms with Crippen LogP contribution in [-0.2, 0) is 22.6 Å². The van der Waals surface area contributed by atoms with Crippen molar-refractivity contribution in [1.29, 1.82) is 0 Å². The number of unbranched alkanes of at least 4 members (excludes halogenated alkanes) is 5. The Morgan fingerprint density at radius 3 is 2.40 bits per heavy atom. The standard InChI is InChI=1S/C17H26O3/c1-15(19)20-12-7-5-3-2-4-6-9-16-10-8-11-17(13-16)14-18/h8,10-11,13,18H,2-7,9,12,14H2,1H3. The molecule has 0 fully saturated rings. The SMILES string of the molecule is CC(=O)OCCCCCCCCc1cccc(CO)c1. The number of aryl methyl sites for hydroxylation is 1. The summed E-state index contributed by atoms with van der Waals surface area (Å²) in [5.74, 6) is -0.185. The minimum absolute atomic E-state index is 0.121. The number of benzene rings is 1. The van der Waals surface area contributed by atoms with E-state index >= 15 is 0 Å². The van der Waals surface area contributed by atoms with Gasteiger partial charge in [-0.2, -0.15) is 0 Å². The van der Waals surface area contributed by atoms with Crippen molar-refractivity contribution in [2.24, 2.45) is 0 Å². The Balaban J connectivity index is 1.98. The molecule has 0 aromatic heterocycles. The van der Waals surface area contributed by atoms with Gasteiger partial charge in [0.1, 0.15) is 0 Å². The first-order valence-electron chi connectivity index (χ1n) is 7.54. The summed E-state index contributed by atoms with van der Waals surface area (Å²) >= 11 is 0. The summed E-state index contributed by atoms with van der Waals surface area (Å²) < 4.78 is 4.89. The van der Waals surface area contributed by atoms with Crippen LogP contribution in [0.1, 0.15) is 56.6 Å². The smallest absolute Gasteiger partial charge is 0.302 e. The molecule has 1 N–H and O–H groups in total. The van der Waals surface area contributed by atoms with Crippen LogP contribution in [0.4, 0.5) is 0 Å². The normalized spacial score (nSPS) is 10.5. The van der Waals surface area contributed by atoms with Crippen molar-refractivity contribution in [3.05, 3.63) is 35.4 Å². The van der Waals surface area contributed by atoms with Crippen LogP contribution in [0.25, 0.3) is 0 Å². The molecule has 0 saturated carbocycles. The maximum atomic E-state index is 10.6. The van der Waals surface area contributed by atoms with Crippen molar-refractivity contribution >= 4 is 5.97 Å². The highest BCUT2D eigenvalue weighted by atomic mass is 16.5. The molecule has 1 rings (SSSR count). The van der Waals surface area contributed by atoms with E-state index in [9.17, 15) is 4.79 Å². The molecular formula is C17H26O3. The van der Waals surface area contributed by atoms with Gasteiger partial charge in [0.2, 0.25) is 0 Å². The van der Waals surface area contributed by atoms with E-state index in [0.29, 0.717) is 6.61 Å². The number of hydrogen-bond donors (Lipinski definition) is 1. The number of ether oxygens (including phenoxy) is 1. The summed E-state index contributed by atoms with van der Waals surface area (Å²) in [6.07, 6.45) is 8.06. The largest absolute Gasteiger partial charge is 0.466 e. The Morgan fingerprint density at radius 1 is 1.05 bits per heavy atom. The van der Waals surface area contributed by atoms with E-state index in [2.05, 4.69) is 12.1 Å². The number of aliphatic hydroxyl groups excluding tert-OH is 1. The van der Waals surface area contributed by atoms with Crippen molar-refractivity contribution in [2.75, 3.05) is 6.61 Å². The fourth-order valence-corrected chi connectivity index (χ4v) is 2.24. The number of aliphatic hydroxyl groups is 1. The zero-order valence-electron chi connectivity index (χ0n) is 12.4. The van der Waals surface area contributed by atoms with Gasteiger partial charge in [0.25, 0.3) is 0 Å². The van der Waals surface area contributed by atoms with Crippen LogP contribution in [0.3, 0.4) is 0 Å². The maximum absolute atomic E-state index is 10.6. The average Bonchev–Trinajstić information content (AvgIpc) is 2.45. The summed E-state index contributed by atoms with van der Waals surface area (Å²) in [7, 11) is 0. The lowest BCUT2D eigenvalue weighted by atomic mass is 10.0. The number of carbonyl (C=O) groups is 1. The molecule has 0 aliphatic rings. The summed E-state index contributed by atoms with van der Waals surface area (Å²) in [4.78, 5) is 10.6. The van der Waals surface area contributed by atoms with E-state index < -0.39 is 0 Å². The summed E-state index contributed by atoms with van der Waals surface area (Å²) in [6.45, 7) is 2.13. The van der Waals surface area contributed by atoms with Gasteiger partial charge in [-0.25, -0.2) is 0 Å². The molecule has 0 amide bonds. The van der Waals surface area contributed by atoms with E-state index in [1.54, 1.807) is 0 Å². The first-order valence-corrected chi connectivity index (χ1v) is 7.54. The molecule has 0 saturated heterocycles. The highest BCUT2D eigenvalue weighted by molar-refractivity contribution is 5.65. The Labute approximate surface area is 122 Å². The molecule has 112 valence electrons. The molecule has 0 aliphatic carbocycles. The van der Waals surface area contributed by atoms with Crippen molar-refractivity contribution in [1.82, 2.24) is 0 Å². The topological polar surface area (TPSA) is 46.5 Å². The summed E-state index contributed by atoms with van der Waals surface area (Å²) in [6, 6.07) is 8.17. The van der Waals surface area contributed by atoms with E-state index in [4.69, 9.17) is 9.84 Å². The third kappa shape index (κ3) is 7.95. The Bertz CT molecular complexity index is 388. The molecule has 0 atom stereocenters. The lowest BCUT2D eigenvalue weighted by Gasteiger charge is -2.04. The predicted molar refractivity (Wildman–Crippen MR) is 80.4 cm³/mol. The first kappa shape index (κ1) is 16.7. The predicted octanol–water partition coefficient (Wildman–Crippen LogP) is 3.63. The molecule has 3 heteroatoms. The minimum Gasteiger partial charge on any atom is -0.466 e. The molecule has 0 bridgehead atoms. The fourth-order valence-electron chi connectivity index (χ4n) is 2.24. The maximum Gasteiger partial charge on any atom is 0.302 e. The Kier molecular flexibility index (Phi) is 8.72. The van der Waals surface area contributed by atoms with Crippen LogP contribution in [0.15, 0.2) is 24.3 Å². The van der Waals surface area contributed by atoms with E-state index in [1.165, 1.54) is 38.2 Å². The van der Waals surface area contributed by atoms with E-state index in [0.717, 1.165) is 24.8 Å². The molecule has 20 heavy (non-hydrogen) atoms. The van der Waals surface area contributed by atoms with Crippen LogP contribution in [0, 0.1) is 0 Å². The lowest BCUT2D eigenvalue weighted by Crippen LogP contribution is -2.00. The minimum atomic E-state index is -0.185. The van der Waals surface area contributed by atoms with Gasteiger partial charge in [-0.15, -0.1) is 0 Å². The van der Waals surface area contributed by atoms with Gasteiger partial charge in [0.05, 0.1) is 13.2 Å². The average molecular weight is 278 g/mol. The zero-order chi connectivity index (χ0) is 14.6. The number of hydrogen-bond acceptors (Lipinski definition) is 3.